The normalized spacial score (nSPS) is 8.50. The van der Waals surface area contributed by atoms with Gasteiger partial charge in [0.15, 0.2) is 0 Å². The van der Waals surface area contributed by atoms with E-state index in [-0.39, 0.29) is 17.5 Å². The molecule has 6 N–H and O–H groups in total. The van der Waals surface area contributed by atoms with Gasteiger partial charge in [0.05, 0.1) is 0 Å². The van der Waals surface area contributed by atoms with Gasteiger partial charge in [0, 0.05) is 19.0 Å². The van der Waals surface area contributed by atoms with Gasteiger partial charge in [0.2, 0.25) is 11.8 Å². The Kier molecular flexibility index (Phi) is 13.0. The van der Waals surface area contributed by atoms with Crippen LogP contribution in [-0.2, 0) is 9.59 Å². The predicted molar refractivity (Wildman–Crippen MR) is 73.8 cm³/mol. The fraction of sp³-hybridized carbons (Fsp3) is 0.500. The van der Waals surface area contributed by atoms with Crippen LogP contribution in [0.2, 0.25) is 0 Å². The number of primary amides is 2. The average Bonchev–Trinajstić information content (AvgIpc) is 2.83. The first kappa shape index (κ1) is 19.9. The van der Waals surface area contributed by atoms with Crippen molar-refractivity contribution >= 4 is 17.8 Å². The summed E-state index contributed by atoms with van der Waals surface area (Å²) in [7, 11) is 0. The van der Waals surface area contributed by atoms with Gasteiger partial charge in [-0.2, -0.15) is 5.10 Å². The Hall–Kier alpha value is -2.38. The number of aromatic carboxylic acids is 1. The van der Waals surface area contributed by atoms with Crippen LogP contribution in [0, 0.1) is 0 Å². The number of aromatic nitrogens is 2. The van der Waals surface area contributed by atoms with Crippen LogP contribution in [0.15, 0.2) is 12.3 Å². The lowest BCUT2D eigenvalue weighted by Gasteiger charge is -1.81. The van der Waals surface area contributed by atoms with Crippen LogP contribution >= 0.6 is 0 Å². The number of carboxylic acid groups (broad SMARTS) is 1. The van der Waals surface area contributed by atoms with E-state index in [1.807, 2.05) is 13.8 Å². The first-order valence-corrected chi connectivity index (χ1v) is 6.14. The van der Waals surface area contributed by atoms with Crippen molar-refractivity contribution in [1.29, 1.82) is 0 Å². The number of nitrogens with one attached hydrogen (secondary N) is 1. The molecule has 0 fully saturated rings. The minimum Gasteiger partial charge on any atom is -0.477 e. The molecule has 20 heavy (non-hydrogen) atoms. The maximum absolute atomic E-state index is 9.99. The van der Waals surface area contributed by atoms with Gasteiger partial charge in [-0.25, -0.2) is 4.79 Å². The lowest BCUT2D eigenvalue weighted by molar-refractivity contribution is -0.118. The van der Waals surface area contributed by atoms with Gasteiger partial charge >= 0.3 is 5.97 Å². The second kappa shape index (κ2) is 13.1. The third-order valence-electron chi connectivity index (χ3n) is 1.72. The predicted octanol–water partition coefficient (Wildman–Crippen LogP) is 0.652. The topological polar surface area (TPSA) is 152 Å². The second-order valence-corrected chi connectivity index (χ2v) is 3.71. The van der Waals surface area contributed by atoms with E-state index in [9.17, 15) is 14.4 Å². The van der Waals surface area contributed by atoms with Crippen molar-refractivity contribution in [2.45, 2.75) is 39.5 Å². The first-order valence-electron chi connectivity index (χ1n) is 6.14. The monoisotopic (exact) mass is 286 g/mol. The first-order chi connectivity index (χ1) is 9.34. The zero-order valence-corrected chi connectivity index (χ0v) is 11.8. The van der Waals surface area contributed by atoms with Gasteiger partial charge in [-0.15, -0.1) is 0 Å². The highest BCUT2D eigenvalue weighted by atomic mass is 16.4. The van der Waals surface area contributed by atoms with Gasteiger partial charge in [0.25, 0.3) is 0 Å². The molecule has 0 atom stereocenters. The number of rotatable bonds is 5. The molecule has 8 heteroatoms. The molecule has 0 saturated carbocycles. The molecule has 0 aliphatic carbocycles. The van der Waals surface area contributed by atoms with Gasteiger partial charge in [-0.05, 0) is 18.9 Å². The van der Waals surface area contributed by atoms with E-state index < -0.39 is 5.97 Å². The lowest BCUT2D eigenvalue weighted by atomic mass is 10.3. The standard InChI is InChI=1S/C4H4N2O2.2C4H9NO/c7-4(8)3-1-2-5-6-3;2*1-2-3-4(5)6/h1-2H,(H,5,6)(H,7,8);2*2-3H2,1H3,(H2,5,6). The second-order valence-electron chi connectivity index (χ2n) is 3.71. The molecular formula is C12H22N4O4. The molecule has 0 unspecified atom stereocenters. The minimum absolute atomic E-state index is 0.116. The zero-order valence-electron chi connectivity index (χ0n) is 11.8. The number of nitrogens with two attached hydrogens (primary N) is 2. The average molecular weight is 286 g/mol. The maximum atomic E-state index is 9.99. The third kappa shape index (κ3) is 15.6. The highest BCUT2D eigenvalue weighted by molar-refractivity contribution is 5.84. The summed E-state index contributed by atoms with van der Waals surface area (Å²) in [5.41, 5.74) is 9.64. The largest absolute Gasteiger partial charge is 0.477 e. The molecule has 2 amide bonds. The van der Waals surface area contributed by atoms with Crippen molar-refractivity contribution in [3.8, 4) is 0 Å². The van der Waals surface area contributed by atoms with Crippen molar-refractivity contribution in [2.24, 2.45) is 11.5 Å². The summed E-state index contributed by atoms with van der Waals surface area (Å²) in [4.78, 5) is 29.6. The van der Waals surface area contributed by atoms with Gasteiger partial charge in [-0.1, -0.05) is 13.8 Å². The Morgan fingerprint density at radius 1 is 1.15 bits per heavy atom. The van der Waals surface area contributed by atoms with Gasteiger partial charge in [0.1, 0.15) is 5.69 Å². The fourth-order valence-electron chi connectivity index (χ4n) is 0.868. The summed E-state index contributed by atoms with van der Waals surface area (Å²) in [6.45, 7) is 3.84. The summed E-state index contributed by atoms with van der Waals surface area (Å²) in [5.74, 6) is -1.41. The number of carboxylic acids is 1. The molecule has 0 aliphatic heterocycles. The highest BCUT2D eigenvalue weighted by Gasteiger charge is 1.99. The molecule has 8 nitrogen and oxygen atoms in total. The van der Waals surface area contributed by atoms with Crippen molar-refractivity contribution in [3.05, 3.63) is 18.0 Å². The Balaban J connectivity index is 0. The summed E-state index contributed by atoms with van der Waals surface area (Å²) in [5, 5.41) is 13.9. The molecule has 1 aromatic heterocycles. The van der Waals surface area contributed by atoms with Crippen molar-refractivity contribution in [2.75, 3.05) is 0 Å². The van der Waals surface area contributed by atoms with Crippen LogP contribution in [-0.4, -0.2) is 33.1 Å². The van der Waals surface area contributed by atoms with E-state index in [1.165, 1.54) is 12.3 Å². The van der Waals surface area contributed by atoms with Crippen LogP contribution in [0.4, 0.5) is 0 Å². The van der Waals surface area contributed by atoms with Crippen molar-refractivity contribution in [1.82, 2.24) is 10.2 Å². The molecule has 0 radical (unpaired) electrons. The van der Waals surface area contributed by atoms with Crippen molar-refractivity contribution < 1.29 is 19.5 Å². The molecule has 114 valence electrons. The molecule has 1 aromatic rings. The van der Waals surface area contributed by atoms with E-state index in [2.05, 4.69) is 10.2 Å². The zero-order chi connectivity index (χ0) is 16.0. The number of hydrogen-bond donors (Lipinski definition) is 4. The Morgan fingerprint density at radius 3 is 1.70 bits per heavy atom. The molecule has 0 spiro atoms. The summed E-state index contributed by atoms with van der Waals surface area (Å²) >= 11 is 0. The van der Waals surface area contributed by atoms with Crippen LogP contribution in [0.5, 0.6) is 0 Å². The summed E-state index contributed by atoms with van der Waals surface area (Å²) in [6.07, 6.45) is 4.13. The number of aromatic amines is 1. The number of amides is 2. The Labute approximate surface area is 117 Å². The smallest absolute Gasteiger partial charge is 0.353 e. The molecule has 0 aromatic carbocycles. The number of H-pyrrole nitrogens is 1. The number of nitrogens with zero attached hydrogens (tertiary/aromatic N) is 1. The van der Waals surface area contributed by atoms with E-state index in [0.717, 1.165) is 12.8 Å². The van der Waals surface area contributed by atoms with Crippen LogP contribution in [0.1, 0.15) is 50.0 Å². The fourth-order valence-corrected chi connectivity index (χ4v) is 0.868. The molecular weight excluding hydrogens is 264 g/mol. The van der Waals surface area contributed by atoms with E-state index in [0.29, 0.717) is 12.8 Å². The molecule has 0 aliphatic rings. The number of carbonyl (C=O) groups excluding carboxylic acids is 2. The van der Waals surface area contributed by atoms with Crippen LogP contribution < -0.4 is 11.5 Å². The minimum atomic E-state index is -0.984. The van der Waals surface area contributed by atoms with Gasteiger partial charge < -0.3 is 16.6 Å². The molecule has 1 heterocycles. The third-order valence-corrected chi connectivity index (χ3v) is 1.72. The molecule has 0 saturated heterocycles. The van der Waals surface area contributed by atoms with Crippen LogP contribution in [0.3, 0.4) is 0 Å². The van der Waals surface area contributed by atoms with E-state index in [1.54, 1.807) is 0 Å². The molecule has 1 rings (SSSR count). The summed E-state index contributed by atoms with van der Waals surface area (Å²) in [6, 6.07) is 1.39. The SMILES string of the molecule is CCCC(N)=O.CCCC(N)=O.O=C(O)c1ccn[nH]1. The van der Waals surface area contributed by atoms with E-state index >= 15 is 0 Å². The Morgan fingerprint density at radius 2 is 1.60 bits per heavy atom. The highest BCUT2D eigenvalue weighted by Crippen LogP contribution is 1.88. The number of carbonyl (C=O) groups is 3. The van der Waals surface area contributed by atoms with E-state index in [4.69, 9.17) is 16.6 Å². The Bertz CT molecular complexity index is 374. The lowest BCUT2D eigenvalue weighted by Crippen LogP contribution is -2.08. The maximum Gasteiger partial charge on any atom is 0.353 e. The quantitative estimate of drug-likeness (QED) is 0.626. The van der Waals surface area contributed by atoms with Crippen molar-refractivity contribution in [3.63, 3.8) is 0 Å². The van der Waals surface area contributed by atoms with Crippen LogP contribution in [0.25, 0.3) is 0 Å². The van der Waals surface area contributed by atoms with Gasteiger partial charge in [-0.3, -0.25) is 14.7 Å². The number of hydrogen-bond acceptors (Lipinski definition) is 4. The summed E-state index contributed by atoms with van der Waals surface area (Å²) < 4.78 is 0. The molecule has 0 bridgehead atoms.